The molecule has 0 heterocycles. The van der Waals surface area contributed by atoms with Crippen LogP contribution in [0.15, 0.2) is 48.5 Å². The average molecular weight is 256 g/mol. The van der Waals surface area contributed by atoms with E-state index in [0.29, 0.717) is 11.5 Å². The summed E-state index contributed by atoms with van der Waals surface area (Å²) in [7, 11) is 0. The van der Waals surface area contributed by atoms with Crippen molar-refractivity contribution in [3.63, 3.8) is 0 Å². The van der Waals surface area contributed by atoms with E-state index in [1.165, 1.54) is 0 Å². The normalized spacial score (nSPS) is 12.3. The molecule has 0 amide bonds. The summed E-state index contributed by atoms with van der Waals surface area (Å²) >= 11 is 0. The van der Waals surface area contributed by atoms with Gasteiger partial charge in [0.05, 0.1) is 0 Å². The predicted molar refractivity (Wildman–Crippen MR) is 77.6 cm³/mol. The number of phenols is 2. The molecular weight excluding hydrogens is 236 g/mol. The van der Waals surface area contributed by atoms with E-state index in [4.69, 9.17) is 0 Å². The van der Waals surface area contributed by atoms with Gasteiger partial charge in [0, 0.05) is 0 Å². The van der Waals surface area contributed by atoms with Crippen LogP contribution >= 0.6 is 0 Å². The Bertz CT molecular complexity index is 534. The molecule has 0 saturated heterocycles. The third-order valence-electron chi connectivity index (χ3n) is 3.47. The van der Waals surface area contributed by atoms with Gasteiger partial charge in [-0.3, -0.25) is 0 Å². The van der Waals surface area contributed by atoms with E-state index in [2.05, 4.69) is 6.92 Å². The van der Waals surface area contributed by atoms with E-state index in [-0.39, 0.29) is 5.92 Å². The van der Waals surface area contributed by atoms with Gasteiger partial charge in [-0.25, -0.2) is 0 Å². The molecule has 0 saturated carbocycles. The molecule has 0 radical (unpaired) electrons. The zero-order valence-corrected chi connectivity index (χ0v) is 11.2. The monoisotopic (exact) mass is 256 g/mol. The Morgan fingerprint density at radius 3 is 2.16 bits per heavy atom. The fraction of sp³-hybridized carbons (Fsp3) is 0.294. The Hall–Kier alpha value is -1.96. The van der Waals surface area contributed by atoms with Crippen molar-refractivity contribution in [3.8, 4) is 11.5 Å². The number of hydrogen-bond acceptors (Lipinski definition) is 2. The van der Waals surface area contributed by atoms with Crippen LogP contribution in [-0.2, 0) is 6.42 Å². The molecule has 0 aliphatic rings. The van der Waals surface area contributed by atoms with Gasteiger partial charge in [-0.2, -0.15) is 0 Å². The molecule has 1 atom stereocenters. The fourth-order valence-electron chi connectivity index (χ4n) is 2.50. The Labute approximate surface area is 114 Å². The zero-order valence-electron chi connectivity index (χ0n) is 11.2. The highest BCUT2D eigenvalue weighted by Gasteiger charge is 2.16. The lowest BCUT2D eigenvalue weighted by atomic mass is 9.87. The van der Waals surface area contributed by atoms with Crippen LogP contribution in [-0.4, -0.2) is 10.2 Å². The molecule has 0 aliphatic carbocycles. The Balaban J connectivity index is 2.27. The minimum absolute atomic E-state index is 0.236. The predicted octanol–water partition coefficient (Wildman–Crippen LogP) is 4.22. The highest BCUT2D eigenvalue weighted by molar-refractivity contribution is 5.38. The van der Waals surface area contributed by atoms with Gasteiger partial charge in [-0.05, 0) is 42.0 Å². The number of hydrogen-bond donors (Lipinski definition) is 2. The van der Waals surface area contributed by atoms with Crippen molar-refractivity contribution < 1.29 is 10.2 Å². The highest BCUT2D eigenvalue weighted by Crippen LogP contribution is 2.33. The van der Waals surface area contributed by atoms with Crippen LogP contribution in [0.1, 0.15) is 36.8 Å². The van der Waals surface area contributed by atoms with E-state index in [1.54, 1.807) is 12.1 Å². The number of benzene rings is 2. The van der Waals surface area contributed by atoms with E-state index in [1.807, 2.05) is 36.4 Å². The minimum atomic E-state index is 0.236. The molecule has 2 nitrogen and oxygen atoms in total. The quantitative estimate of drug-likeness (QED) is 0.840. The Morgan fingerprint density at radius 1 is 0.895 bits per heavy atom. The van der Waals surface area contributed by atoms with Gasteiger partial charge >= 0.3 is 0 Å². The maximum Gasteiger partial charge on any atom is 0.119 e. The van der Waals surface area contributed by atoms with Gasteiger partial charge in [0.1, 0.15) is 11.5 Å². The lowest BCUT2D eigenvalue weighted by molar-refractivity contribution is 0.447. The van der Waals surface area contributed by atoms with Crippen molar-refractivity contribution >= 4 is 0 Å². The molecule has 19 heavy (non-hydrogen) atoms. The summed E-state index contributed by atoms with van der Waals surface area (Å²) in [5, 5.41) is 19.9. The summed E-state index contributed by atoms with van der Waals surface area (Å²) in [4.78, 5) is 0. The van der Waals surface area contributed by atoms with Crippen molar-refractivity contribution in [3.05, 3.63) is 59.7 Å². The van der Waals surface area contributed by atoms with Crippen LogP contribution in [0.3, 0.4) is 0 Å². The minimum Gasteiger partial charge on any atom is -0.508 e. The average Bonchev–Trinajstić information content (AvgIpc) is 2.41. The first-order valence-corrected chi connectivity index (χ1v) is 6.77. The topological polar surface area (TPSA) is 40.5 Å². The van der Waals surface area contributed by atoms with Crippen LogP contribution < -0.4 is 0 Å². The Kier molecular flexibility index (Phi) is 4.45. The molecular formula is C17H20O2. The molecule has 2 rings (SSSR count). The first kappa shape index (κ1) is 13.5. The first-order chi connectivity index (χ1) is 9.22. The van der Waals surface area contributed by atoms with Crippen molar-refractivity contribution in [1.82, 2.24) is 0 Å². The lowest BCUT2D eigenvalue weighted by Gasteiger charge is -2.18. The molecule has 2 N–H and O–H groups in total. The second-order valence-electron chi connectivity index (χ2n) is 4.88. The van der Waals surface area contributed by atoms with Crippen LogP contribution in [0.4, 0.5) is 0 Å². The third kappa shape index (κ3) is 3.28. The van der Waals surface area contributed by atoms with Gasteiger partial charge in [0.15, 0.2) is 0 Å². The number of phenolic OH excluding ortho intramolecular Hbond substituents is 2. The molecule has 0 fully saturated rings. The van der Waals surface area contributed by atoms with E-state index in [9.17, 15) is 10.2 Å². The standard InChI is InChI=1S/C17H20O2/c1-2-7-13(15-9-4-6-11-17(15)19)12-14-8-3-5-10-16(14)18/h3-6,8-11,13,18-19H,2,7,12H2,1H3. The number of rotatable bonds is 5. The second-order valence-corrected chi connectivity index (χ2v) is 4.88. The summed E-state index contributed by atoms with van der Waals surface area (Å²) in [6, 6.07) is 14.9. The molecule has 0 aliphatic heterocycles. The summed E-state index contributed by atoms with van der Waals surface area (Å²) < 4.78 is 0. The van der Waals surface area contributed by atoms with Crippen LogP contribution in [0.2, 0.25) is 0 Å². The smallest absolute Gasteiger partial charge is 0.119 e. The number of para-hydroxylation sites is 2. The summed E-state index contributed by atoms with van der Waals surface area (Å²) in [6.45, 7) is 2.14. The molecule has 2 aromatic rings. The summed E-state index contributed by atoms with van der Waals surface area (Å²) in [5.41, 5.74) is 1.90. The maximum absolute atomic E-state index is 9.99. The van der Waals surface area contributed by atoms with Crippen LogP contribution in [0, 0.1) is 0 Å². The Morgan fingerprint density at radius 2 is 1.53 bits per heavy atom. The van der Waals surface area contributed by atoms with Crippen molar-refractivity contribution in [1.29, 1.82) is 0 Å². The largest absolute Gasteiger partial charge is 0.508 e. The molecule has 0 aromatic heterocycles. The second kappa shape index (κ2) is 6.28. The van der Waals surface area contributed by atoms with Gasteiger partial charge in [-0.15, -0.1) is 0 Å². The zero-order chi connectivity index (χ0) is 13.7. The molecule has 2 aromatic carbocycles. The summed E-state index contributed by atoms with van der Waals surface area (Å²) in [6.07, 6.45) is 2.79. The fourth-order valence-corrected chi connectivity index (χ4v) is 2.50. The summed E-state index contributed by atoms with van der Waals surface area (Å²) in [5.74, 6) is 0.912. The van der Waals surface area contributed by atoms with E-state index >= 15 is 0 Å². The van der Waals surface area contributed by atoms with Gasteiger partial charge in [0.25, 0.3) is 0 Å². The van der Waals surface area contributed by atoms with Crippen LogP contribution in [0.25, 0.3) is 0 Å². The van der Waals surface area contributed by atoms with Gasteiger partial charge in [-0.1, -0.05) is 49.7 Å². The molecule has 0 spiro atoms. The molecule has 0 bridgehead atoms. The lowest BCUT2D eigenvalue weighted by Crippen LogP contribution is -2.03. The third-order valence-corrected chi connectivity index (χ3v) is 3.47. The van der Waals surface area contributed by atoms with Crippen molar-refractivity contribution in [2.75, 3.05) is 0 Å². The number of aromatic hydroxyl groups is 2. The van der Waals surface area contributed by atoms with E-state index < -0.39 is 0 Å². The highest BCUT2D eigenvalue weighted by atomic mass is 16.3. The molecule has 100 valence electrons. The molecule has 2 heteroatoms. The van der Waals surface area contributed by atoms with Gasteiger partial charge in [0.2, 0.25) is 0 Å². The molecule has 1 unspecified atom stereocenters. The van der Waals surface area contributed by atoms with E-state index in [0.717, 1.165) is 30.4 Å². The van der Waals surface area contributed by atoms with Crippen LogP contribution in [0.5, 0.6) is 11.5 Å². The maximum atomic E-state index is 9.99. The van der Waals surface area contributed by atoms with Gasteiger partial charge < -0.3 is 10.2 Å². The first-order valence-electron chi connectivity index (χ1n) is 6.77. The SMILES string of the molecule is CCCC(Cc1ccccc1O)c1ccccc1O. The van der Waals surface area contributed by atoms with Crippen molar-refractivity contribution in [2.45, 2.75) is 32.1 Å². The van der Waals surface area contributed by atoms with Crippen molar-refractivity contribution in [2.24, 2.45) is 0 Å².